The van der Waals surface area contributed by atoms with Gasteiger partial charge in [0.25, 0.3) is 0 Å². The monoisotopic (exact) mass is 505 g/mol. The molecule has 35 heavy (non-hydrogen) atoms. The molecule has 0 aliphatic heterocycles. The van der Waals surface area contributed by atoms with Crippen LogP contribution in [0.3, 0.4) is 0 Å². The highest BCUT2D eigenvalue weighted by atomic mass is 35.5. The van der Waals surface area contributed by atoms with Crippen molar-refractivity contribution in [3.8, 4) is 22.8 Å². The van der Waals surface area contributed by atoms with Gasteiger partial charge in [-0.2, -0.15) is 5.10 Å². The molecule has 180 valence electrons. The van der Waals surface area contributed by atoms with Crippen LogP contribution in [0.1, 0.15) is 37.5 Å². The van der Waals surface area contributed by atoms with E-state index in [0.29, 0.717) is 22.2 Å². The van der Waals surface area contributed by atoms with Crippen LogP contribution in [0.4, 0.5) is 0 Å². The fourth-order valence-corrected chi connectivity index (χ4v) is 4.89. The van der Waals surface area contributed by atoms with Gasteiger partial charge in [0, 0.05) is 34.4 Å². The van der Waals surface area contributed by atoms with E-state index < -0.39 is 0 Å². The number of amidine groups is 1. The largest absolute Gasteiger partial charge is 0.409 e. The molecule has 0 bridgehead atoms. The lowest BCUT2D eigenvalue weighted by molar-refractivity contribution is 0.318. The summed E-state index contributed by atoms with van der Waals surface area (Å²) in [5.41, 5.74) is 10.8. The molecule has 3 aromatic carbocycles. The SMILES string of the molecule is Cn1nc(-c2ccccc2Cl)nc1-c1cc(/C(N)=N/O)ccc1SCc1ccc(C(C)(C)C)cc1. The summed E-state index contributed by atoms with van der Waals surface area (Å²) in [4.78, 5) is 5.82. The minimum absolute atomic E-state index is 0.0362. The zero-order valence-electron chi connectivity index (χ0n) is 20.2. The van der Waals surface area contributed by atoms with E-state index in [1.165, 1.54) is 11.1 Å². The lowest BCUT2D eigenvalue weighted by Crippen LogP contribution is -2.13. The lowest BCUT2D eigenvalue weighted by Gasteiger charge is -2.19. The Bertz CT molecular complexity index is 1370. The molecule has 0 saturated heterocycles. The maximum absolute atomic E-state index is 9.20. The van der Waals surface area contributed by atoms with Crippen molar-refractivity contribution >= 4 is 29.2 Å². The zero-order valence-corrected chi connectivity index (χ0v) is 21.7. The minimum atomic E-state index is 0.0362. The number of oxime groups is 1. The number of halogens is 1. The van der Waals surface area contributed by atoms with Gasteiger partial charge in [-0.1, -0.05) is 80.0 Å². The third-order valence-electron chi connectivity index (χ3n) is 5.72. The molecule has 0 fully saturated rings. The lowest BCUT2D eigenvalue weighted by atomic mass is 9.87. The second-order valence-corrected chi connectivity index (χ2v) is 10.7. The molecular weight excluding hydrogens is 478 g/mol. The fourth-order valence-electron chi connectivity index (χ4n) is 3.69. The van der Waals surface area contributed by atoms with Crippen LogP contribution in [0.5, 0.6) is 0 Å². The van der Waals surface area contributed by atoms with Crippen LogP contribution in [0.15, 0.2) is 76.8 Å². The van der Waals surface area contributed by atoms with E-state index in [-0.39, 0.29) is 11.3 Å². The van der Waals surface area contributed by atoms with E-state index >= 15 is 0 Å². The molecule has 1 heterocycles. The third-order valence-corrected chi connectivity index (χ3v) is 7.19. The highest BCUT2D eigenvalue weighted by molar-refractivity contribution is 7.98. The Morgan fingerprint density at radius 3 is 2.43 bits per heavy atom. The van der Waals surface area contributed by atoms with Gasteiger partial charge >= 0.3 is 0 Å². The van der Waals surface area contributed by atoms with E-state index in [2.05, 4.69) is 55.3 Å². The van der Waals surface area contributed by atoms with Crippen LogP contribution < -0.4 is 5.73 Å². The standard InChI is InChI=1S/C27H28ClN5OS/c1-27(2,3)19-12-9-17(10-13-19)16-35-23-14-11-18(24(29)32-34)15-21(23)26-30-25(31-33(26)4)20-7-5-6-8-22(20)28/h5-15,34H,16H2,1-4H3,(H2,29,32). The van der Waals surface area contributed by atoms with Crippen molar-refractivity contribution in [1.29, 1.82) is 0 Å². The molecule has 0 amide bonds. The third kappa shape index (κ3) is 5.52. The van der Waals surface area contributed by atoms with E-state index in [1.54, 1.807) is 16.4 Å². The quantitative estimate of drug-likeness (QED) is 0.103. The topological polar surface area (TPSA) is 89.3 Å². The van der Waals surface area contributed by atoms with Crippen LogP contribution >= 0.6 is 23.4 Å². The van der Waals surface area contributed by atoms with Crippen molar-refractivity contribution in [2.75, 3.05) is 0 Å². The molecule has 0 radical (unpaired) electrons. The maximum atomic E-state index is 9.20. The number of benzene rings is 3. The molecule has 0 aliphatic carbocycles. The Kier molecular flexibility index (Phi) is 7.19. The molecule has 3 N–H and O–H groups in total. The second kappa shape index (κ2) is 10.1. The van der Waals surface area contributed by atoms with Crippen molar-refractivity contribution < 1.29 is 5.21 Å². The minimum Gasteiger partial charge on any atom is -0.409 e. The Morgan fingerprint density at radius 2 is 1.77 bits per heavy atom. The van der Waals surface area contributed by atoms with Crippen LogP contribution in [0.25, 0.3) is 22.8 Å². The van der Waals surface area contributed by atoms with Gasteiger partial charge in [-0.3, -0.25) is 0 Å². The Labute approximate surface area is 214 Å². The zero-order chi connectivity index (χ0) is 25.2. The van der Waals surface area contributed by atoms with Gasteiger partial charge < -0.3 is 10.9 Å². The Hall–Kier alpha value is -3.29. The molecule has 0 aliphatic rings. The average Bonchev–Trinajstić information content (AvgIpc) is 3.23. The molecule has 0 atom stereocenters. The van der Waals surface area contributed by atoms with Gasteiger partial charge in [0.1, 0.15) is 0 Å². The smallest absolute Gasteiger partial charge is 0.183 e. The first kappa shape index (κ1) is 24.8. The summed E-state index contributed by atoms with van der Waals surface area (Å²) in [6, 6.07) is 21.9. The number of thioether (sulfide) groups is 1. The molecule has 6 nitrogen and oxygen atoms in total. The Balaban J connectivity index is 1.70. The second-order valence-electron chi connectivity index (χ2n) is 9.29. The highest BCUT2D eigenvalue weighted by Crippen LogP contribution is 2.35. The number of aromatic nitrogens is 3. The van der Waals surface area contributed by atoms with Crippen molar-refractivity contribution in [3.63, 3.8) is 0 Å². The van der Waals surface area contributed by atoms with Gasteiger partial charge in [-0.15, -0.1) is 11.8 Å². The first-order chi connectivity index (χ1) is 16.7. The summed E-state index contributed by atoms with van der Waals surface area (Å²) in [5.74, 6) is 2.03. The van der Waals surface area contributed by atoms with E-state index in [1.807, 2.05) is 49.5 Å². The number of hydrogen-bond donors (Lipinski definition) is 2. The van der Waals surface area contributed by atoms with E-state index in [4.69, 9.17) is 22.3 Å². The number of nitrogens with two attached hydrogens (primary N) is 1. The summed E-state index contributed by atoms with van der Waals surface area (Å²) < 4.78 is 1.73. The molecule has 4 rings (SSSR count). The number of hydrogen-bond acceptors (Lipinski definition) is 5. The van der Waals surface area contributed by atoms with Crippen LogP contribution in [0.2, 0.25) is 5.02 Å². The van der Waals surface area contributed by atoms with Crippen molar-refractivity contribution in [2.24, 2.45) is 17.9 Å². The molecular formula is C27H28ClN5OS. The van der Waals surface area contributed by atoms with Gasteiger partial charge in [0.2, 0.25) is 0 Å². The number of nitrogens with zero attached hydrogens (tertiary/aromatic N) is 4. The van der Waals surface area contributed by atoms with Crippen LogP contribution in [-0.2, 0) is 18.2 Å². The van der Waals surface area contributed by atoms with Crippen molar-refractivity contribution in [1.82, 2.24) is 14.8 Å². The first-order valence-corrected chi connectivity index (χ1v) is 12.5. The van der Waals surface area contributed by atoms with Crippen LogP contribution in [-0.4, -0.2) is 25.8 Å². The van der Waals surface area contributed by atoms with Crippen molar-refractivity contribution in [3.05, 3.63) is 88.4 Å². The summed E-state index contributed by atoms with van der Waals surface area (Å²) in [6.07, 6.45) is 0. The van der Waals surface area contributed by atoms with Gasteiger partial charge in [0.15, 0.2) is 17.5 Å². The van der Waals surface area contributed by atoms with Crippen LogP contribution in [0, 0.1) is 0 Å². The maximum Gasteiger partial charge on any atom is 0.183 e. The summed E-state index contributed by atoms with van der Waals surface area (Å²) in [5, 5.41) is 17.5. The molecule has 4 aromatic rings. The van der Waals surface area contributed by atoms with E-state index in [9.17, 15) is 5.21 Å². The number of rotatable bonds is 6. The molecule has 1 aromatic heterocycles. The summed E-state index contributed by atoms with van der Waals surface area (Å²) in [6.45, 7) is 6.64. The highest BCUT2D eigenvalue weighted by Gasteiger charge is 2.18. The first-order valence-electron chi connectivity index (χ1n) is 11.2. The Morgan fingerprint density at radius 1 is 1.06 bits per heavy atom. The van der Waals surface area contributed by atoms with Gasteiger partial charge in [-0.25, -0.2) is 9.67 Å². The fraction of sp³-hybridized carbons (Fsp3) is 0.222. The average molecular weight is 506 g/mol. The normalized spacial score (nSPS) is 12.2. The van der Waals surface area contributed by atoms with E-state index in [0.717, 1.165) is 21.8 Å². The number of aryl methyl sites for hydroxylation is 1. The van der Waals surface area contributed by atoms with Gasteiger partial charge in [-0.05, 0) is 40.8 Å². The molecule has 8 heteroatoms. The summed E-state index contributed by atoms with van der Waals surface area (Å²) >= 11 is 8.09. The van der Waals surface area contributed by atoms with Crippen molar-refractivity contribution in [2.45, 2.75) is 36.8 Å². The summed E-state index contributed by atoms with van der Waals surface area (Å²) in [7, 11) is 1.85. The molecule has 0 spiro atoms. The molecule has 0 unspecified atom stereocenters. The van der Waals surface area contributed by atoms with Gasteiger partial charge in [0.05, 0.1) is 5.02 Å². The molecule has 0 saturated carbocycles. The predicted molar refractivity (Wildman–Crippen MR) is 144 cm³/mol. The predicted octanol–water partition coefficient (Wildman–Crippen LogP) is 6.49.